The lowest BCUT2D eigenvalue weighted by molar-refractivity contribution is -0.157. The van der Waals surface area contributed by atoms with E-state index in [1.165, 1.54) is 0 Å². The number of alkyl carbamates (subject to hydrolysis) is 1. The molecule has 0 radical (unpaired) electrons. The molecule has 4 fully saturated rings. The Morgan fingerprint density at radius 2 is 1.79 bits per heavy atom. The predicted octanol–water partition coefficient (Wildman–Crippen LogP) is 4.18. The highest BCUT2D eigenvalue weighted by molar-refractivity contribution is 5.88. The van der Waals surface area contributed by atoms with Crippen LogP contribution in [0.15, 0.2) is 0 Å². The van der Waals surface area contributed by atoms with E-state index in [-0.39, 0.29) is 41.7 Å². The van der Waals surface area contributed by atoms with Gasteiger partial charge in [0, 0.05) is 43.2 Å². The number of ketones is 2. The first-order chi connectivity index (χ1) is 15.8. The van der Waals surface area contributed by atoms with Gasteiger partial charge >= 0.3 is 6.09 Å². The smallest absolute Gasteiger partial charge is 0.407 e. The summed E-state index contributed by atoms with van der Waals surface area (Å²) in [7, 11) is 0. The van der Waals surface area contributed by atoms with Crippen molar-refractivity contribution in [2.45, 2.75) is 104 Å². The van der Waals surface area contributed by atoms with Crippen molar-refractivity contribution in [3.8, 4) is 0 Å². The van der Waals surface area contributed by atoms with Crippen LogP contribution in [-0.4, -0.2) is 41.8 Å². The summed E-state index contributed by atoms with van der Waals surface area (Å²) in [5.74, 6) is 1.80. The molecule has 0 bridgehead atoms. The van der Waals surface area contributed by atoms with E-state index in [4.69, 9.17) is 4.74 Å². The predicted molar refractivity (Wildman–Crippen MR) is 128 cm³/mol. The Hall–Kier alpha value is -1.92. The number of ether oxygens (including phenoxy) is 1. The molecule has 4 aliphatic rings. The molecule has 2 N–H and O–H groups in total. The van der Waals surface area contributed by atoms with Crippen molar-refractivity contribution in [3.05, 3.63) is 0 Å². The van der Waals surface area contributed by atoms with Gasteiger partial charge in [0.15, 0.2) is 0 Å². The number of hydrogen-bond donors (Lipinski definition) is 2. The molecule has 0 aliphatic heterocycles. The minimum Gasteiger partial charge on any atom is -0.444 e. The third kappa shape index (κ3) is 4.64. The van der Waals surface area contributed by atoms with E-state index in [1.807, 2.05) is 0 Å². The number of nitrogens with one attached hydrogen (secondary N) is 2. The number of fused-ring (bicyclic) bond motifs is 5. The molecule has 7 nitrogen and oxygen atoms in total. The monoisotopic (exact) mass is 474 g/mol. The maximum Gasteiger partial charge on any atom is 0.407 e. The Morgan fingerprint density at radius 3 is 2.50 bits per heavy atom. The van der Waals surface area contributed by atoms with Crippen LogP contribution in [0.5, 0.6) is 0 Å². The van der Waals surface area contributed by atoms with Crippen LogP contribution in [0.2, 0.25) is 0 Å². The molecule has 190 valence electrons. The van der Waals surface area contributed by atoms with E-state index in [0.29, 0.717) is 48.6 Å². The van der Waals surface area contributed by atoms with Crippen molar-refractivity contribution in [2.75, 3.05) is 6.54 Å². The van der Waals surface area contributed by atoms with Crippen LogP contribution in [0.1, 0.15) is 92.4 Å². The summed E-state index contributed by atoms with van der Waals surface area (Å²) in [5.41, 5.74) is -0.827. The standard InChI is InChI=1S/C27H42N2O5/c1-25(2,3)34-24(33)28-13-10-23(32)29-16-8-11-26(4)19-9-12-27(5)18(6-7-22(27)31)17(19)15-21(30)20(26)14-16/h16-20H,6-15H2,1-5H3,(H,28,33)(H,29,32)/t16?,17-,18-,19+,20?,26+,27-/m0/s1. The van der Waals surface area contributed by atoms with E-state index in [1.54, 1.807) is 20.8 Å². The van der Waals surface area contributed by atoms with Gasteiger partial charge in [0.1, 0.15) is 17.2 Å². The summed E-state index contributed by atoms with van der Waals surface area (Å²) >= 11 is 0. The van der Waals surface area contributed by atoms with Crippen LogP contribution in [-0.2, 0) is 19.1 Å². The number of carbonyl (C=O) groups is 4. The Kier molecular flexibility index (Phi) is 6.62. The maximum atomic E-state index is 13.4. The first-order valence-electron chi connectivity index (χ1n) is 13.2. The van der Waals surface area contributed by atoms with Crippen LogP contribution in [0.25, 0.3) is 0 Å². The highest BCUT2D eigenvalue weighted by Gasteiger charge is 2.62. The second-order valence-corrected chi connectivity index (χ2v) is 12.7. The SMILES string of the molecule is CC(C)(C)OC(=O)NCCC(=O)NC1CC[C@@]2(C)C(C1)C(=O)C[C@@H]1[C@H]2CC[C@]2(C)C(=O)CC[C@@H]12. The molecule has 7 atom stereocenters. The highest BCUT2D eigenvalue weighted by atomic mass is 16.6. The molecule has 7 heteroatoms. The molecule has 0 aromatic heterocycles. The average molecular weight is 475 g/mol. The Bertz CT molecular complexity index is 864. The number of hydrogen-bond acceptors (Lipinski definition) is 5. The molecular formula is C27H42N2O5. The second kappa shape index (κ2) is 8.94. The Balaban J connectivity index is 1.32. The van der Waals surface area contributed by atoms with Gasteiger partial charge in [-0.3, -0.25) is 14.4 Å². The lowest BCUT2D eigenvalue weighted by Gasteiger charge is -2.59. The molecule has 34 heavy (non-hydrogen) atoms. The van der Waals surface area contributed by atoms with Gasteiger partial charge in [-0.25, -0.2) is 4.79 Å². The van der Waals surface area contributed by atoms with Crippen molar-refractivity contribution < 1.29 is 23.9 Å². The zero-order chi connectivity index (χ0) is 24.9. The highest BCUT2D eigenvalue weighted by Crippen LogP contribution is 2.64. The minimum atomic E-state index is -0.573. The molecule has 4 rings (SSSR count). The fourth-order valence-corrected chi connectivity index (χ4v) is 7.83. The van der Waals surface area contributed by atoms with Crippen LogP contribution in [0.4, 0.5) is 4.79 Å². The lowest BCUT2D eigenvalue weighted by Crippen LogP contribution is -2.58. The normalized spacial score (nSPS) is 39.5. The first-order valence-corrected chi connectivity index (χ1v) is 13.2. The second-order valence-electron chi connectivity index (χ2n) is 12.7. The quantitative estimate of drug-likeness (QED) is 0.637. The lowest BCUT2D eigenvalue weighted by atomic mass is 9.45. The minimum absolute atomic E-state index is 0.00508. The van der Waals surface area contributed by atoms with E-state index in [0.717, 1.165) is 32.1 Å². The summed E-state index contributed by atoms with van der Waals surface area (Å²) in [5, 5.41) is 5.73. The zero-order valence-electron chi connectivity index (χ0n) is 21.5. The first kappa shape index (κ1) is 25.2. The van der Waals surface area contributed by atoms with Gasteiger partial charge in [-0.05, 0) is 82.5 Å². The van der Waals surface area contributed by atoms with E-state index in [9.17, 15) is 19.2 Å². The van der Waals surface area contributed by atoms with Crippen LogP contribution >= 0.6 is 0 Å². The fourth-order valence-electron chi connectivity index (χ4n) is 7.83. The van der Waals surface area contributed by atoms with Gasteiger partial charge in [0.25, 0.3) is 0 Å². The number of rotatable bonds is 4. The van der Waals surface area contributed by atoms with E-state index < -0.39 is 11.7 Å². The zero-order valence-corrected chi connectivity index (χ0v) is 21.5. The topological polar surface area (TPSA) is 102 Å². The van der Waals surface area contributed by atoms with Crippen LogP contribution in [0, 0.1) is 34.5 Å². The molecule has 4 saturated carbocycles. The molecule has 0 spiro atoms. The summed E-state index contributed by atoms with van der Waals surface area (Å²) < 4.78 is 5.20. The van der Waals surface area contributed by atoms with Crippen molar-refractivity contribution in [3.63, 3.8) is 0 Å². The summed E-state index contributed by atoms with van der Waals surface area (Å²) in [6, 6.07) is -0.00508. The Morgan fingerprint density at radius 1 is 1.06 bits per heavy atom. The van der Waals surface area contributed by atoms with Crippen molar-refractivity contribution in [2.24, 2.45) is 34.5 Å². The van der Waals surface area contributed by atoms with Crippen molar-refractivity contribution in [1.82, 2.24) is 10.6 Å². The molecule has 0 aromatic rings. The van der Waals surface area contributed by atoms with Gasteiger partial charge in [-0.2, -0.15) is 0 Å². The Labute approximate surface area is 203 Å². The van der Waals surface area contributed by atoms with E-state index >= 15 is 0 Å². The fraction of sp³-hybridized carbons (Fsp3) is 0.852. The molecule has 0 heterocycles. The van der Waals surface area contributed by atoms with Gasteiger partial charge in [-0.15, -0.1) is 0 Å². The molecule has 4 aliphatic carbocycles. The van der Waals surface area contributed by atoms with Gasteiger partial charge in [0.05, 0.1) is 0 Å². The van der Waals surface area contributed by atoms with Gasteiger partial charge < -0.3 is 15.4 Å². The molecular weight excluding hydrogens is 432 g/mol. The number of amides is 2. The maximum absolute atomic E-state index is 13.4. The number of carbonyl (C=O) groups excluding carboxylic acids is 4. The molecule has 0 aromatic carbocycles. The summed E-state index contributed by atoms with van der Waals surface area (Å²) in [6.07, 6.45) is 6.38. The number of Topliss-reactive ketones (excluding diaryl/α,β-unsaturated/α-hetero) is 2. The molecule has 0 saturated heterocycles. The largest absolute Gasteiger partial charge is 0.444 e. The summed E-state index contributed by atoms with van der Waals surface area (Å²) in [6.45, 7) is 10.1. The van der Waals surface area contributed by atoms with Gasteiger partial charge in [-0.1, -0.05) is 13.8 Å². The third-order valence-corrected chi connectivity index (χ3v) is 9.55. The van der Waals surface area contributed by atoms with Crippen LogP contribution < -0.4 is 10.6 Å². The van der Waals surface area contributed by atoms with Crippen molar-refractivity contribution in [1.29, 1.82) is 0 Å². The van der Waals surface area contributed by atoms with E-state index in [2.05, 4.69) is 24.5 Å². The molecule has 2 unspecified atom stereocenters. The third-order valence-electron chi connectivity index (χ3n) is 9.55. The average Bonchev–Trinajstić information content (AvgIpc) is 3.03. The summed E-state index contributed by atoms with van der Waals surface area (Å²) in [4.78, 5) is 50.3. The molecule has 2 amide bonds. The van der Waals surface area contributed by atoms with Gasteiger partial charge in [0.2, 0.25) is 5.91 Å². The van der Waals surface area contributed by atoms with Crippen molar-refractivity contribution >= 4 is 23.6 Å². The van der Waals surface area contributed by atoms with Crippen LogP contribution in [0.3, 0.4) is 0 Å².